The average Bonchev–Trinajstić information content (AvgIpc) is 3.13. The van der Waals surface area contributed by atoms with Crippen molar-refractivity contribution in [1.29, 1.82) is 0 Å². The summed E-state index contributed by atoms with van der Waals surface area (Å²) in [5.41, 5.74) is 6.80. The van der Waals surface area contributed by atoms with E-state index in [-0.39, 0.29) is 24.3 Å². The third-order valence-corrected chi connectivity index (χ3v) is 3.50. The summed E-state index contributed by atoms with van der Waals surface area (Å²) in [5, 5.41) is 16.1. The van der Waals surface area contributed by atoms with Crippen LogP contribution in [0.2, 0.25) is 0 Å². The first-order valence-corrected chi connectivity index (χ1v) is 7.67. The molecule has 0 spiro atoms. The highest BCUT2D eigenvalue weighted by Crippen LogP contribution is 2.25. The molecule has 0 saturated heterocycles. The predicted molar refractivity (Wildman–Crippen MR) is 90.2 cm³/mol. The van der Waals surface area contributed by atoms with Gasteiger partial charge in [0.2, 0.25) is 11.8 Å². The van der Waals surface area contributed by atoms with E-state index in [4.69, 9.17) is 10.5 Å². The lowest BCUT2D eigenvalue weighted by Gasteiger charge is -2.15. The summed E-state index contributed by atoms with van der Waals surface area (Å²) in [4.78, 5) is 23.8. The van der Waals surface area contributed by atoms with Gasteiger partial charge in [0.25, 0.3) is 0 Å². The fourth-order valence-corrected chi connectivity index (χ4v) is 2.01. The zero-order valence-electron chi connectivity index (χ0n) is 14.3. The minimum Gasteiger partial charge on any atom is -0.494 e. The third-order valence-electron chi connectivity index (χ3n) is 3.50. The number of aromatic nitrogens is 4. The number of carbonyl (C=O) groups is 2. The SMILES string of the molecule is COc1ccc(NC(=O)CNC(=O)[C@@H](N)C(C)C)cc1-n1cnnn1. The van der Waals surface area contributed by atoms with E-state index >= 15 is 0 Å². The van der Waals surface area contributed by atoms with Gasteiger partial charge in [-0.05, 0) is 34.5 Å². The van der Waals surface area contributed by atoms with Gasteiger partial charge in [0.05, 0.1) is 19.7 Å². The second-order valence-electron chi connectivity index (χ2n) is 5.68. The van der Waals surface area contributed by atoms with E-state index in [9.17, 15) is 9.59 Å². The molecule has 1 heterocycles. The molecule has 0 aliphatic heterocycles. The monoisotopic (exact) mass is 347 g/mol. The zero-order chi connectivity index (χ0) is 18.4. The van der Waals surface area contributed by atoms with Gasteiger partial charge in [-0.1, -0.05) is 13.8 Å². The van der Waals surface area contributed by atoms with E-state index in [1.54, 1.807) is 18.2 Å². The first-order chi connectivity index (χ1) is 11.9. The largest absolute Gasteiger partial charge is 0.494 e. The third kappa shape index (κ3) is 4.73. The molecule has 2 amide bonds. The van der Waals surface area contributed by atoms with E-state index in [0.29, 0.717) is 17.1 Å². The number of methoxy groups -OCH3 is 1. The van der Waals surface area contributed by atoms with Crippen LogP contribution in [0, 0.1) is 5.92 Å². The number of anilines is 1. The number of nitrogens with zero attached hydrogens (tertiary/aromatic N) is 4. The second-order valence-corrected chi connectivity index (χ2v) is 5.68. The Hall–Kier alpha value is -3.01. The van der Waals surface area contributed by atoms with Crippen molar-refractivity contribution in [1.82, 2.24) is 25.5 Å². The van der Waals surface area contributed by atoms with Gasteiger partial charge in [0.15, 0.2) is 0 Å². The zero-order valence-corrected chi connectivity index (χ0v) is 14.3. The highest BCUT2D eigenvalue weighted by atomic mass is 16.5. The van der Waals surface area contributed by atoms with Crippen molar-refractivity contribution in [3.63, 3.8) is 0 Å². The molecule has 0 aliphatic rings. The van der Waals surface area contributed by atoms with Crippen LogP contribution in [0.5, 0.6) is 5.75 Å². The van der Waals surface area contributed by atoms with Crippen LogP contribution < -0.4 is 21.1 Å². The number of hydrogen-bond acceptors (Lipinski definition) is 7. The summed E-state index contributed by atoms with van der Waals surface area (Å²) in [5.74, 6) is -0.212. The maximum Gasteiger partial charge on any atom is 0.243 e. The fourth-order valence-electron chi connectivity index (χ4n) is 2.01. The van der Waals surface area contributed by atoms with Crippen LogP contribution in [0.1, 0.15) is 13.8 Å². The number of nitrogens with two attached hydrogens (primary N) is 1. The van der Waals surface area contributed by atoms with E-state index < -0.39 is 6.04 Å². The molecular weight excluding hydrogens is 326 g/mol. The van der Waals surface area contributed by atoms with E-state index in [1.165, 1.54) is 18.1 Å². The number of tetrazole rings is 1. The summed E-state index contributed by atoms with van der Waals surface area (Å²) >= 11 is 0. The highest BCUT2D eigenvalue weighted by molar-refractivity contribution is 5.95. The van der Waals surface area contributed by atoms with Crippen LogP contribution in [0.4, 0.5) is 5.69 Å². The number of nitrogens with one attached hydrogen (secondary N) is 2. The Morgan fingerprint density at radius 1 is 1.36 bits per heavy atom. The first kappa shape index (κ1) is 18.3. The molecule has 134 valence electrons. The normalized spacial score (nSPS) is 11.9. The standard InChI is InChI=1S/C15H21N7O3/c1-9(2)14(16)15(24)17-7-13(23)19-10-4-5-12(25-3)11(6-10)22-8-18-20-21-22/h4-6,8-9,14H,7,16H2,1-3H3,(H,17,24)(H,19,23)/t14-/m0/s1. The lowest BCUT2D eigenvalue weighted by atomic mass is 10.1. The molecule has 0 saturated carbocycles. The van der Waals surface area contributed by atoms with Gasteiger partial charge in [-0.25, -0.2) is 0 Å². The van der Waals surface area contributed by atoms with Crippen LogP contribution in [-0.4, -0.2) is 51.7 Å². The van der Waals surface area contributed by atoms with E-state index in [0.717, 1.165) is 0 Å². The molecule has 1 aromatic heterocycles. The van der Waals surface area contributed by atoms with Gasteiger partial charge in [-0.3, -0.25) is 9.59 Å². The van der Waals surface area contributed by atoms with Crippen molar-refractivity contribution in [2.75, 3.05) is 19.0 Å². The topological polar surface area (TPSA) is 137 Å². The Bertz CT molecular complexity index is 731. The molecule has 10 nitrogen and oxygen atoms in total. The van der Waals surface area contributed by atoms with Crippen molar-refractivity contribution in [2.45, 2.75) is 19.9 Å². The molecule has 1 aromatic carbocycles. The second kappa shape index (κ2) is 8.20. The van der Waals surface area contributed by atoms with Crippen LogP contribution in [0.3, 0.4) is 0 Å². The summed E-state index contributed by atoms with van der Waals surface area (Å²) in [7, 11) is 1.52. The smallest absolute Gasteiger partial charge is 0.243 e. The molecule has 0 bridgehead atoms. The molecule has 0 unspecified atom stereocenters. The van der Waals surface area contributed by atoms with Gasteiger partial charge >= 0.3 is 0 Å². The molecule has 25 heavy (non-hydrogen) atoms. The molecule has 2 aromatic rings. The predicted octanol–water partition coefficient (Wildman–Crippen LogP) is -0.291. The number of hydrogen-bond donors (Lipinski definition) is 3. The fraction of sp³-hybridized carbons (Fsp3) is 0.400. The Labute approximate surface area is 144 Å². The van der Waals surface area contributed by atoms with Crippen LogP contribution >= 0.6 is 0 Å². The molecule has 0 radical (unpaired) electrons. The van der Waals surface area contributed by atoms with Gasteiger partial charge in [-0.15, -0.1) is 5.10 Å². The molecule has 1 atom stereocenters. The highest BCUT2D eigenvalue weighted by Gasteiger charge is 2.17. The van der Waals surface area contributed by atoms with Crippen molar-refractivity contribution in [3.8, 4) is 11.4 Å². The Kier molecular flexibility index (Phi) is 6.01. The number of amides is 2. The molecule has 4 N–H and O–H groups in total. The van der Waals surface area contributed by atoms with Crippen molar-refractivity contribution in [3.05, 3.63) is 24.5 Å². The molecule has 10 heteroatoms. The average molecular weight is 347 g/mol. The van der Waals surface area contributed by atoms with Crippen LogP contribution in [0.25, 0.3) is 5.69 Å². The van der Waals surface area contributed by atoms with Crippen molar-refractivity contribution in [2.24, 2.45) is 11.7 Å². The Morgan fingerprint density at radius 2 is 2.12 bits per heavy atom. The lowest BCUT2D eigenvalue weighted by Crippen LogP contribution is -2.46. The van der Waals surface area contributed by atoms with Gasteiger partial charge in [0.1, 0.15) is 17.8 Å². The quantitative estimate of drug-likeness (QED) is 0.626. The van der Waals surface area contributed by atoms with E-state index in [1.807, 2.05) is 13.8 Å². The lowest BCUT2D eigenvalue weighted by molar-refractivity contribution is -0.125. The van der Waals surface area contributed by atoms with Crippen molar-refractivity contribution >= 4 is 17.5 Å². The molecule has 0 aliphatic carbocycles. The van der Waals surface area contributed by atoms with Crippen LogP contribution in [-0.2, 0) is 9.59 Å². The van der Waals surface area contributed by atoms with Gasteiger partial charge in [-0.2, -0.15) is 4.68 Å². The first-order valence-electron chi connectivity index (χ1n) is 7.67. The minimum absolute atomic E-state index is 0.0107. The van der Waals surface area contributed by atoms with Gasteiger partial charge in [0, 0.05) is 5.69 Å². The number of ether oxygens (including phenoxy) is 1. The summed E-state index contributed by atoms with van der Waals surface area (Å²) < 4.78 is 6.67. The molecule has 0 fully saturated rings. The maximum absolute atomic E-state index is 12.0. The van der Waals surface area contributed by atoms with Crippen LogP contribution in [0.15, 0.2) is 24.5 Å². The minimum atomic E-state index is -0.653. The number of carbonyl (C=O) groups excluding carboxylic acids is 2. The Morgan fingerprint density at radius 3 is 2.72 bits per heavy atom. The molecule has 2 rings (SSSR count). The van der Waals surface area contributed by atoms with Crippen molar-refractivity contribution < 1.29 is 14.3 Å². The Balaban J connectivity index is 2.02. The maximum atomic E-state index is 12.0. The number of benzene rings is 1. The van der Waals surface area contributed by atoms with Gasteiger partial charge < -0.3 is 21.1 Å². The summed E-state index contributed by atoms with van der Waals surface area (Å²) in [6, 6.07) is 4.36. The summed E-state index contributed by atoms with van der Waals surface area (Å²) in [6.07, 6.45) is 1.41. The van der Waals surface area contributed by atoms with E-state index in [2.05, 4.69) is 26.2 Å². The molecular formula is C15H21N7O3. The summed E-state index contributed by atoms with van der Waals surface area (Å²) in [6.45, 7) is 3.50. The number of rotatable bonds is 7.